The maximum atomic E-state index is 12.2. The Balaban J connectivity index is 2.07. The van der Waals surface area contributed by atoms with E-state index in [1.165, 1.54) is 12.4 Å². The summed E-state index contributed by atoms with van der Waals surface area (Å²) in [5, 5.41) is 7.23. The van der Waals surface area contributed by atoms with Gasteiger partial charge in [-0.1, -0.05) is 24.6 Å². The average molecular weight is 308 g/mol. The molecule has 1 heterocycles. The van der Waals surface area contributed by atoms with Crippen LogP contribution in [-0.2, 0) is 16.6 Å². The second-order valence-corrected chi connectivity index (χ2v) is 6.45. The molecule has 2 N–H and O–H groups in total. The van der Waals surface area contributed by atoms with Gasteiger partial charge in [0.05, 0.1) is 12.7 Å². The zero-order chi connectivity index (χ0) is 15.3. The van der Waals surface area contributed by atoms with Crippen molar-refractivity contribution in [3.63, 3.8) is 0 Å². The van der Waals surface area contributed by atoms with Gasteiger partial charge in [-0.15, -0.1) is 0 Å². The summed E-state index contributed by atoms with van der Waals surface area (Å²) in [5.41, 5.74) is 1.62. The maximum absolute atomic E-state index is 12.2. The number of hydrogen-bond acceptors (Lipinski definition) is 4. The number of aryl methyl sites for hydroxylation is 1. The standard InChI is InChI=1S/C14H20N4O2S/c1-3-15-8-9-18-11-14(10-16-18)21(19,20)17-13-6-4-12(2)5-7-13/h4-7,10-11,15,17H,3,8-9H2,1-2H3. The number of hydrogen-bond donors (Lipinski definition) is 2. The maximum Gasteiger partial charge on any atom is 0.265 e. The van der Waals surface area contributed by atoms with Crippen LogP contribution in [0.4, 0.5) is 5.69 Å². The normalized spacial score (nSPS) is 11.5. The van der Waals surface area contributed by atoms with Crippen molar-refractivity contribution in [1.82, 2.24) is 15.1 Å². The van der Waals surface area contributed by atoms with E-state index in [1.54, 1.807) is 16.8 Å². The van der Waals surface area contributed by atoms with Gasteiger partial charge < -0.3 is 5.32 Å². The SMILES string of the molecule is CCNCCn1cc(S(=O)(=O)Nc2ccc(C)cc2)cn1. The fourth-order valence-electron chi connectivity index (χ4n) is 1.81. The molecule has 114 valence electrons. The molecule has 1 aromatic carbocycles. The van der Waals surface area contributed by atoms with Crippen molar-refractivity contribution in [2.75, 3.05) is 17.8 Å². The van der Waals surface area contributed by atoms with E-state index in [4.69, 9.17) is 0 Å². The fourth-order valence-corrected chi connectivity index (χ4v) is 2.82. The molecule has 0 fully saturated rings. The monoisotopic (exact) mass is 308 g/mol. The third kappa shape index (κ3) is 4.30. The van der Waals surface area contributed by atoms with Crippen LogP contribution in [0.3, 0.4) is 0 Å². The highest BCUT2D eigenvalue weighted by atomic mass is 32.2. The van der Waals surface area contributed by atoms with E-state index in [1.807, 2.05) is 26.0 Å². The van der Waals surface area contributed by atoms with E-state index in [0.717, 1.165) is 18.7 Å². The Kier molecular flexibility index (Phi) is 4.98. The van der Waals surface area contributed by atoms with Crippen LogP contribution in [0.15, 0.2) is 41.6 Å². The van der Waals surface area contributed by atoms with Gasteiger partial charge in [0.1, 0.15) is 4.90 Å². The highest BCUT2D eigenvalue weighted by molar-refractivity contribution is 7.92. The minimum absolute atomic E-state index is 0.166. The molecule has 0 saturated heterocycles. The molecule has 0 amide bonds. The topological polar surface area (TPSA) is 76.0 Å². The molecule has 0 atom stereocenters. The van der Waals surface area contributed by atoms with Gasteiger partial charge in [0.25, 0.3) is 10.0 Å². The Morgan fingerprint density at radius 3 is 2.62 bits per heavy atom. The van der Waals surface area contributed by atoms with Gasteiger partial charge in [0, 0.05) is 18.4 Å². The van der Waals surface area contributed by atoms with Crippen molar-refractivity contribution in [3.05, 3.63) is 42.2 Å². The Hall–Kier alpha value is -1.86. The van der Waals surface area contributed by atoms with Crippen LogP contribution in [0.25, 0.3) is 0 Å². The molecule has 0 aliphatic carbocycles. The van der Waals surface area contributed by atoms with Crippen LogP contribution in [-0.4, -0.2) is 31.3 Å². The number of nitrogens with one attached hydrogen (secondary N) is 2. The molecule has 6 nitrogen and oxygen atoms in total. The largest absolute Gasteiger partial charge is 0.315 e. The highest BCUT2D eigenvalue weighted by Gasteiger charge is 2.16. The zero-order valence-electron chi connectivity index (χ0n) is 12.2. The van der Waals surface area contributed by atoms with Gasteiger partial charge >= 0.3 is 0 Å². The van der Waals surface area contributed by atoms with Gasteiger partial charge in [-0.2, -0.15) is 5.10 Å². The highest BCUT2D eigenvalue weighted by Crippen LogP contribution is 2.15. The quantitative estimate of drug-likeness (QED) is 0.762. The van der Waals surface area contributed by atoms with Crippen molar-refractivity contribution in [1.29, 1.82) is 0 Å². The van der Waals surface area contributed by atoms with Crippen molar-refractivity contribution in [2.45, 2.75) is 25.3 Å². The molecule has 2 aromatic rings. The summed E-state index contributed by atoms with van der Waals surface area (Å²) in [6.07, 6.45) is 2.90. The van der Waals surface area contributed by atoms with Gasteiger partial charge in [-0.05, 0) is 25.6 Å². The van der Waals surface area contributed by atoms with Crippen LogP contribution in [0.2, 0.25) is 0 Å². The first-order valence-corrected chi connectivity index (χ1v) is 8.32. The van der Waals surface area contributed by atoms with Crippen molar-refractivity contribution < 1.29 is 8.42 Å². The van der Waals surface area contributed by atoms with Gasteiger partial charge in [0.2, 0.25) is 0 Å². The minimum Gasteiger partial charge on any atom is -0.315 e. The van der Waals surface area contributed by atoms with Crippen LogP contribution >= 0.6 is 0 Å². The lowest BCUT2D eigenvalue weighted by molar-refractivity contribution is 0.564. The number of anilines is 1. The Morgan fingerprint density at radius 2 is 1.95 bits per heavy atom. The summed E-state index contributed by atoms with van der Waals surface area (Å²) < 4.78 is 28.7. The first kappa shape index (κ1) is 15.5. The number of benzene rings is 1. The van der Waals surface area contributed by atoms with E-state index >= 15 is 0 Å². The Labute approximate surface area is 125 Å². The second-order valence-electron chi connectivity index (χ2n) is 4.76. The molecule has 0 spiro atoms. The summed E-state index contributed by atoms with van der Waals surface area (Å²) in [4.78, 5) is 0.166. The van der Waals surface area contributed by atoms with Gasteiger partial charge in [-0.3, -0.25) is 9.40 Å². The molecule has 0 aliphatic heterocycles. The van der Waals surface area contributed by atoms with E-state index in [2.05, 4.69) is 15.1 Å². The number of rotatable bonds is 7. The Bertz CT molecular complexity index is 677. The van der Waals surface area contributed by atoms with Crippen molar-refractivity contribution in [3.8, 4) is 0 Å². The van der Waals surface area contributed by atoms with Crippen LogP contribution in [0.5, 0.6) is 0 Å². The predicted molar refractivity (Wildman–Crippen MR) is 82.8 cm³/mol. The van der Waals surface area contributed by atoms with E-state index in [0.29, 0.717) is 12.2 Å². The third-order valence-corrected chi connectivity index (χ3v) is 4.33. The van der Waals surface area contributed by atoms with Crippen molar-refractivity contribution in [2.24, 2.45) is 0 Å². The van der Waals surface area contributed by atoms with Crippen molar-refractivity contribution >= 4 is 15.7 Å². The summed E-state index contributed by atoms with van der Waals surface area (Å²) in [6.45, 7) is 6.23. The Morgan fingerprint density at radius 1 is 1.24 bits per heavy atom. The smallest absolute Gasteiger partial charge is 0.265 e. The summed E-state index contributed by atoms with van der Waals surface area (Å²) in [6, 6.07) is 7.19. The fraction of sp³-hybridized carbons (Fsp3) is 0.357. The van der Waals surface area contributed by atoms with E-state index < -0.39 is 10.0 Å². The molecule has 0 unspecified atom stereocenters. The molecule has 7 heteroatoms. The number of aromatic nitrogens is 2. The molecular weight excluding hydrogens is 288 g/mol. The summed E-state index contributed by atoms with van der Waals surface area (Å²) in [7, 11) is -3.59. The lowest BCUT2D eigenvalue weighted by atomic mass is 10.2. The molecular formula is C14H20N4O2S. The predicted octanol–water partition coefficient (Wildman–Crippen LogP) is 1.60. The van der Waals surface area contributed by atoms with Crippen LogP contribution in [0, 0.1) is 6.92 Å². The molecule has 21 heavy (non-hydrogen) atoms. The lowest BCUT2D eigenvalue weighted by Gasteiger charge is -2.06. The molecule has 0 aliphatic rings. The first-order valence-electron chi connectivity index (χ1n) is 6.84. The van der Waals surface area contributed by atoms with E-state index in [9.17, 15) is 8.42 Å². The molecule has 1 aromatic heterocycles. The number of nitrogens with zero attached hydrogens (tertiary/aromatic N) is 2. The lowest BCUT2D eigenvalue weighted by Crippen LogP contribution is -2.19. The van der Waals surface area contributed by atoms with Gasteiger partial charge in [-0.25, -0.2) is 8.42 Å². The van der Waals surface area contributed by atoms with Gasteiger partial charge in [0.15, 0.2) is 0 Å². The summed E-state index contributed by atoms with van der Waals surface area (Å²) in [5.74, 6) is 0. The molecule has 0 radical (unpaired) electrons. The first-order chi connectivity index (χ1) is 10.0. The molecule has 0 saturated carbocycles. The number of sulfonamides is 1. The minimum atomic E-state index is -3.59. The summed E-state index contributed by atoms with van der Waals surface area (Å²) >= 11 is 0. The third-order valence-electron chi connectivity index (χ3n) is 2.99. The molecule has 2 rings (SSSR count). The van der Waals surface area contributed by atoms with E-state index in [-0.39, 0.29) is 4.90 Å². The van der Waals surface area contributed by atoms with Crippen LogP contribution in [0.1, 0.15) is 12.5 Å². The second kappa shape index (κ2) is 6.73. The average Bonchev–Trinajstić information content (AvgIpc) is 2.91. The number of likely N-dealkylation sites (N-methyl/N-ethyl adjacent to an activating group) is 1. The zero-order valence-corrected chi connectivity index (χ0v) is 13.0. The van der Waals surface area contributed by atoms with Crippen LogP contribution < -0.4 is 10.0 Å². The molecule has 0 bridgehead atoms.